The molecule has 1 N–H and O–H groups in total. The van der Waals surface area contributed by atoms with Crippen molar-refractivity contribution in [2.24, 2.45) is 0 Å². The number of aromatic nitrogens is 1. The lowest BCUT2D eigenvalue weighted by atomic mass is 10.1. The fourth-order valence-corrected chi connectivity index (χ4v) is 1.66. The van der Waals surface area contributed by atoms with E-state index in [1.165, 1.54) is 4.90 Å². The number of nitrogens with one attached hydrogen (secondary N) is 1. The zero-order chi connectivity index (χ0) is 15.7. The number of aromatic amines is 1. The molecule has 110 valence electrons. The second kappa shape index (κ2) is 8.59. The minimum absolute atomic E-state index is 0.0585. The van der Waals surface area contributed by atoms with Gasteiger partial charge in [-0.1, -0.05) is 36.9 Å². The van der Waals surface area contributed by atoms with Gasteiger partial charge < -0.3 is 9.88 Å². The van der Waals surface area contributed by atoms with Crippen LogP contribution in [0.5, 0.6) is 0 Å². The standard InChI is InChI=1S/C18H22N2O/c1-5-17(18(21)20(3)4)10-6-8-16-9-7-12-19-13-11-15(2)14-16/h5-14,19H,1H2,2-4H3/b8-6+,12-7?,13-11?,15-14?,16-9?,17-10+. The predicted molar refractivity (Wildman–Crippen MR) is 89.2 cm³/mol. The van der Waals surface area contributed by atoms with Crippen LogP contribution in [-0.4, -0.2) is 29.9 Å². The van der Waals surface area contributed by atoms with Gasteiger partial charge >= 0.3 is 0 Å². The maximum absolute atomic E-state index is 11.9. The summed E-state index contributed by atoms with van der Waals surface area (Å²) in [6.45, 7) is 5.71. The van der Waals surface area contributed by atoms with Crippen LogP contribution in [-0.2, 0) is 4.79 Å². The highest BCUT2D eigenvalue weighted by Crippen LogP contribution is 2.05. The average Bonchev–Trinajstić information content (AvgIpc) is 2.55. The lowest BCUT2D eigenvalue weighted by Gasteiger charge is -2.09. The molecule has 3 heteroatoms. The van der Waals surface area contributed by atoms with Crippen LogP contribution in [0.15, 0.2) is 67.0 Å². The smallest absolute Gasteiger partial charge is 0.253 e. The van der Waals surface area contributed by atoms with Gasteiger partial charge in [-0.25, -0.2) is 0 Å². The van der Waals surface area contributed by atoms with E-state index >= 15 is 0 Å². The molecule has 0 bridgehead atoms. The van der Waals surface area contributed by atoms with E-state index in [-0.39, 0.29) is 5.91 Å². The molecule has 0 atom stereocenters. The number of carbonyl (C=O) groups is 1. The number of nitrogens with zero attached hydrogens (tertiary/aromatic N) is 1. The van der Waals surface area contributed by atoms with Gasteiger partial charge in [0.1, 0.15) is 0 Å². The van der Waals surface area contributed by atoms with Crippen LogP contribution in [0.2, 0.25) is 0 Å². The van der Waals surface area contributed by atoms with Crippen LogP contribution in [0, 0.1) is 6.92 Å². The van der Waals surface area contributed by atoms with E-state index in [0.717, 1.165) is 11.1 Å². The minimum Gasteiger partial charge on any atom is -0.368 e. The number of H-pyrrole nitrogens is 1. The number of aryl methyl sites for hydroxylation is 1. The number of carbonyl (C=O) groups excluding carboxylic acids is 1. The fraction of sp³-hybridized carbons (Fsp3) is 0.167. The van der Waals surface area contributed by atoms with Crippen molar-refractivity contribution in [2.45, 2.75) is 6.92 Å². The molecule has 3 nitrogen and oxygen atoms in total. The van der Waals surface area contributed by atoms with Crippen molar-refractivity contribution in [3.63, 3.8) is 0 Å². The van der Waals surface area contributed by atoms with Gasteiger partial charge in [0, 0.05) is 32.1 Å². The summed E-state index contributed by atoms with van der Waals surface area (Å²) in [5, 5.41) is 0. The number of likely N-dealkylation sites (N-methyl/N-ethyl adjacent to an activating group) is 1. The molecule has 21 heavy (non-hydrogen) atoms. The zero-order valence-electron chi connectivity index (χ0n) is 12.8. The molecule has 1 aromatic rings. The number of rotatable bonds is 4. The predicted octanol–water partition coefficient (Wildman–Crippen LogP) is 3.66. The molecule has 0 aliphatic carbocycles. The lowest BCUT2D eigenvalue weighted by Crippen LogP contribution is -2.22. The summed E-state index contributed by atoms with van der Waals surface area (Å²) in [7, 11) is 3.45. The molecule has 0 aromatic carbocycles. The Kier molecular flexibility index (Phi) is 6.75. The Morgan fingerprint density at radius 1 is 1.29 bits per heavy atom. The van der Waals surface area contributed by atoms with E-state index in [1.54, 1.807) is 26.2 Å². The molecule has 0 spiro atoms. The molecule has 1 amide bonds. The van der Waals surface area contributed by atoms with Crippen LogP contribution >= 0.6 is 0 Å². The molecule has 1 aromatic heterocycles. The summed E-state index contributed by atoms with van der Waals surface area (Å²) in [6.07, 6.45) is 10.9. The first-order chi connectivity index (χ1) is 10.0. The monoisotopic (exact) mass is 282 g/mol. The Bertz CT molecular complexity index is 605. The largest absolute Gasteiger partial charge is 0.368 e. The Balaban J connectivity index is 3.05. The summed E-state index contributed by atoms with van der Waals surface area (Å²) in [6, 6.07) is 7.99. The SMILES string of the molecule is C=C/C(=C\C=C\c1ccc[nH]ccc(C)c1)C(=O)N(C)C. The molecule has 0 saturated carbocycles. The Morgan fingerprint density at radius 2 is 2.05 bits per heavy atom. The third-order valence-electron chi connectivity index (χ3n) is 2.76. The molecule has 1 rings (SSSR count). The highest BCUT2D eigenvalue weighted by Gasteiger charge is 2.05. The highest BCUT2D eigenvalue weighted by atomic mass is 16.2. The van der Waals surface area contributed by atoms with E-state index < -0.39 is 0 Å². The van der Waals surface area contributed by atoms with Crippen LogP contribution in [0.3, 0.4) is 0 Å². The molecule has 0 aliphatic heterocycles. The van der Waals surface area contributed by atoms with Crippen molar-refractivity contribution in [1.82, 2.24) is 9.88 Å². The van der Waals surface area contributed by atoms with Crippen LogP contribution < -0.4 is 0 Å². The molecule has 0 fully saturated rings. The van der Waals surface area contributed by atoms with Gasteiger partial charge in [0.15, 0.2) is 0 Å². The maximum atomic E-state index is 11.9. The van der Waals surface area contributed by atoms with E-state index in [9.17, 15) is 4.79 Å². The normalized spacial score (nSPS) is 11.1. The first-order valence-electron chi connectivity index (χ1n) is 6.75. The molecule has 0 radical (unpaired) electrons. The van der Waals surface area contributed by atoms with Gasteiger partial charge in [-0.3, -0.25) is 4.79 Å². The lowest BCUT2D eigenvalue weighted by molar-refractivity contribution is -0.124. The van der Waals surface area contributed by atoms with Gasteiger partial charge in [-0.05, 0) is 36.3 Å². The number of allylic oxidation sites excluding steroid dienone is 2. The third kappa shape index (κ3) is 5.95. The second-order valence-electron chi connectivity index (χ2n) is 4.80. The van der Waals surface area contributed by atoms with Crippen molar-refractivity contribution in [2.75, 3.05) is 14.1 Å². The molecule has 0 unspecified atom stereocenters. The average molecular weight is 282 g/mol. The Labute approximate surface area is 126 Å². The second-order valence-corrected chi connectivity index (χ2v) is 4.80. The minimum atomic E-state index is -0.0585. The number of hydrogen-bond acceptors (Lipinski definition) is 1. The van der Waals surface area contributed by atoms with E-state index in [1.807, 2.05) is 49.7 Å². The van der Waals surface area contributed by atoms with Crippen molar-refractivity contribution in [3.05, 3.63) is 78.2 Å². The van der Waals surface area contributed by atoms with E-state index in [4.69, 9.17) is 0 Å². The first kappa shape index (κ1) is 16.5. The summed E-state index contributed by atoms with van der Waals surface area (Å²) in [4.78, 5) is 16.4. The first-order valence-corrected chi connectivity index (χ1v) is 6.75. The van der Waals surface area contributed by atoms with Crippen molar-refractivity contribution in [1.29, 1.82) is 0 Å². The topological polar surface area (TPSA) is 36.1 Å². The van der Waals surface area contributed by atoms with Crippen LogP contribution in [0.25, 0.3) is 6.08 Å². The highest BCUT2D eigenvalue weighted by molar-refractivity contribution is 5.96. The van der Waals surface area contributed by atoms with Crippen molar-refractivity contribution >= 4 is 12.0 Å². The van der Waals surface area contributed by atoms with Gasteiger partial charge in [0.25, 0.3) is 5.91 Å². The fourth-order valence-electron chi connectivity index (χ4n) is 1.66. The van der Waals surface area contributed by atoms with E-state index in [0.29, 0.717) is 5.57 Å². The molecule has 0 aliphatic rings. The maximum Gasteiger partial charge on any atom is 0.253 e. The summed E-state index contributed by atoms with van der Waals surface area (Å²) >= 11 is 0. The molecule has 0 saturated heterocycles. The number of hydrogen-bond donors (Lipinski definition) is 1. The van der Waals surface area contributed by atoms with Crippen molar-refractivity contribution in [3.8, 4) is 0 Å². The zero-order valence-corrected chi connectivity index (χ0v) is 12.8. The van der Waals surface area contributed by atoms with Crippen LogP contribution in [0.1, 0.15) is 11.1 Å². The quantitative estimate of drug-likeness (QED) is 0.664. The van der Waals surface area contributed by atoms with Crippen molar-refractivity contribution < 1.29 is 4.79 Å². The Morgan fingerprint density at radius 3 is 2.71 bits per heavy atom. The van der Waals surface area contributed by atoms with Gasteiger partial charge in [0.05, 0.1) is 0 Å². The Hall–Kier alpha value is -2.55. The summed E-state index contributed by atoms with van der Waals surface area (Å²) in [5.41, 5.74) is 2.76. The molecule has 1 heterocycles. The third-order valence-corrected chi connectivity index (χ3v) is 2.76. The van der Waals surface area contributed by atoms with E-state index in [2.05, 4.69) is 17.6 Å². The van der Waals surface area contributed by atoms with Gasteiger partial charge in [0.2, 0.25) is 0 Å². The van der Waals surface area contributed by atoms with Gasteiger partial charge in [-0.2, -0.15) is 0 Å². The van der Waals surface area contributed by atoms with Crippen LogP contribution in [0.4, 0.5) is 0 Å². The summed E-state index contributed by atoms with van der Waals surface area (Å²) in [5.74, 6) is -0.0585. The summed E-state index contributed by atoms with van der Waals surface area (Å²) < 4.78 is 0. The number of amides is 1. The van der Waals surface area contributed by atoms with Gasteiger partial charge in [-0.15, -0.1) is 0 Å². The molecular weight excluding hydrogens is 260 g/mol. The molecular formula is C18H22N2O.